The first-order chi connectivity index (χ1) is 13.0. The zero-order valence-corrected chi connectivity index (χ0v) is 16.6. The van der Waals surface area contributed by atoms with Crippen LogP contribution in [0.3, 0.4) is 0 Å². The number of ether oxygens (including phenoxy) is 1. The third kappa shape index (κ3) is 6.44. The van der Waals surface area contributed by atoms with Crippen LogP contribution in [-0.2, 0) is 17.8 Å². The SMILES string of the molecule is CCOC(=O)c1ccc(CNC(=NC)NCCCn2nc(C)cc2C)cc1. The number of aromatic nitrogens is 2. The fourth-order valence-electron chi connectivity index (χ4n) is 2.72. The van der Waals surface area contributed by atoms with E-state index in [9.17, 15) is 4.79 Å². The van der Waals surface area contributed by atoms with Crippen molar-refractivity contribution >= 4 is 11.9 Å². The number of hydrogen-bond donors (Lipinski definition) is 2. The van der Waals surface area contributed by atoms with Crippen molar-refractivity contribution in [2.45, 2.75) is 40.3 Å². The third-order valence-electron chi connectivity index (χ3n) is 4.09. The fourth-order valence-corrected chi connectivity index (χ4v) is 2.72. The summed E-state index contributed by atoms with van der Waals surface area (Å²) in [4.78, 5) is 15.9. The van der Waals surface area contributed by atoms with Crippen LogP contribution >= 0.6 is 0 Å². The van der Waals surface area contributed by atoms with E-state index >= 15 is 0 Å². The van der Waals surface area contributed by atoms with Gasteiger partial charge in [-0.2, -0.15) is 5.10 Å². The summed E-state index contributed by atoms with van der Waals surface area (Å²) in [7, 11) is 1.75. The van der Waals surface area contributed by atoms with Gasteiger partial charge in [-0.25, -0.2) is 4.79 Å². The summed E-state index contributed by atoms with van der Waals surface area (Å²) in [6.45, 7) is 8.56. The molecule has 2 N–H and O–H groups in total. The largest absolute Gasteiger partial charge is 0.462 e. The fraction of sp³-hybridized carbons (Fsp3) is 0.450. The monoisotopic (exact) mass is 371 g/mol. The summed E-state index contributed by atoms with van der Waals surface area (Å²) < 4.78 is 7.02. The lowest BCUT2D eigenvalue weighted by Crippen LogP contribution is -2.37. The molecule has 0 spiro atoms. The quantitative estimate of drug-likeness (QED) is 0.322. The second-order valence-corrected chi connectivity index (χ2v) is 6.27. The molecular weight excluding hydrogens is 342 g/mol. The van der Waals surface area contributed by atoms with Gasteiger partial charge in [0.1, 0.15) is 0 Å². The number of rotatable bonds is 8. The Morgan fingerprint density at radius 2 is 1.96 bits per heavy atom. The van der Waals surface area contributed by atoms with Crippen LogP contribution in [0.2, 0.25) is 0 Å². The number of aliphatic imine (C=N–C) groups is 1. The molecule has 0 aliphatic heterocycles. The normalized spacial score (nSPS) is 11.3. The lowest BCUT2D eigenvalue weighted by atomic mass is 10.1. The average Bonchev–Trinajstić information content (AvgIpc) is 2.99. The number of benzene rings is 1. The van der Waals surface area contributed by atoms with Gasteiger partial charge in [0.05, 0.1) is 17.9 Å². The Balaban J connectivity index is 1.73. The van der Waals surface area contributed by atoms with Gasteiger partial charge >= 0.3 is 5.97 Å². The molecule has 1 aromatic carbocycles. The molecule has 0 radical (unpaired) electrons. The predicted molar refractivity (Wildman–Crippen MR) is 107 cm³/mol. The highest BCUT2D eigenvalue weighted by atomic mass is 16.5. The number of carbonyl (C=O) groups excluding carboxylic acids is 1. The van der Waals surface area contributed by atoms with Gasteiger partial charge in [-0.3, -0.25) is 9.67 Å². The maximum atomic E-state index is 11.7. The lowest BCUT2D eigenvalue weighted by molar-refractivity contribution is 0.0526. The Hall–Kier alpha value is -2.83. The maximum Gasteiger partial charge on any atom is 0.338 e. The summed E-state index contributed by atoms with van der Waals surface area (Å²) in [6, 6.07) is 9.46. The van der Waals surface area contributed by atoms with E-state index in [1.165, 1.54) is 5.69 Å². The van der Waals surface area contributed by atoms with E-state index in [0.717, 1.165) is 36.7 Å². The van der Waals surface area contributed by atoms with Crippen molar-refractivity contribution in [3.05, 3.63) is 52.8 Å². The summed E-state index contributed by atoms with van der Waals surface area (Å²) in [6.07, 6.45) is 0.955. The van der Waals surface area contributed by atoms with Crippen LogP contribution in [0.1, 0.15) is 40.7 Å². The maximum absolute atomic E-state index is 11.7. The minimum absolute atomic E-state index is 0.294. The first-order valence-corrected chi connectivity index (χ1v) is 9.25. The van der Waals surface area contributed by atoms with Gasteiger partial charge < -0.3 is 15.4 Å². The third-order valence-corrected chi connectivity index (χ3v) is 4.09. The van der Waals surface area contributed by atoms with Crippen molar-refractivity contribution < 1.29 is 9.53 Å². The molecule has 1 heterocycles. The molecule has 0 aliphatic carbocycles. The van der Waals surface area contributed by atoms with Crippen molar-refractivity contribution in [2.24, 2.45) is 4.99 Å². The Morgan fingerprint density at radius 1 is 1.22 bits per heavy atom. The first kappa shape index (κ1) is 20.5. The molecule has 0 saturated carbocycles. The van der Waals surface area contributed by atoms with E-state index in [4.69, 9.17) is 4.74 Å². The zero-order valence-electron chi connectivity index (χ0n) is 16.6. The van der Waals surface area contributed by atoms with Crippen LogP contribution in [0.15, 0.2) is 35.3 Å². The molecule has 7 heteroatoms. The number of hydrogen-bond acceptors (Lipinski definition) is 4. The average molecular weight is 371 g/mol. The second kappa shape index (κ2) is 10.4. The number of esters is 1. The van der Waals surface area contributed by atoms with Gasteiger partial charge in [0.2, 0.25) is 0 Å². The molecule has 0 unspecified atom stereocenters. The van der Waals surface area contributed by atoms with Gasteiger partial charge in [-0.05, 0) is 51.0 Å². The van der Waals surface area contributed by atoms with Crippen molar-refractivity contribution in [3.8, 4) is 0 Å². The van der Waals surface area contributed by atoms with E-state index in [1.54, 1.807) is 26.1 Å². The van der Waals surface area contributed by atoms with Crippen LogP contribution in [0.25, 0.3) is 0 Å². The summed E-state index contributed by atoms with van der Waals surface area (Å²) in [5.41, 5.74) is 3.86. The van der Waals surface area contributed by atoms with Crippen LogP contribution in [-0.4, -0.2) is 41.9 Å². The van der Waals surface area contributed by atoms with Crippen LogP contribution in [0.5, 0.6) is 0 Å². The number of carbonyl (C=O) groups is 1. The minimum atomic E-state index is -0.294. The van der Waals surface area contributed by atoms with E-state index in [-0.39, 0.29) is 5.97 Å². The summed E-state index contributed by atoms with van der Waals surface area (Å²) in [5, 5.41) is 11.0. The Kier molecular flexibility index (Phi) is 7.85. The van der Waals surface area contributed by atoms with Crippen molar-refractivity contribution in [3.63, 3.8) is 0 Å². The molecule has 1 aromatic heterocycles. The molecule has 0 amide bonds. The lowest BCUT2D eigenvalue weighted by Gasteiger charge is -2.12. The molecule has 27 heavy (non-hydrogen) atoms. The standard InChI is InChI=1S/C20H29N5O2/c1-5-27-19(26)18-9-7-17(8-10-18)14-23-20(21-4)22-11-6-12-25-16(3)13-15(2)24-25/h7-10,13H,5-6,11-12,14H2,1-4H3,(H2,21,22,23). The van der Waals surface area contributed by atoms with Crippen molar-refractivity contribution in [1.82, 2.24) is 20.4 Å². The molecule has 7 nitrogen and oxygen atoms in total. The molecule has 146 valence electrons. The van der Waals surface area contributed by atoms with Gasteiger partial charge in [-0.15, -0.1) is 0 Å². The Bertz CT molecular complexity index is 765. The summed E-state index contributed by atoms with van der Waals surface area (Å²) >= 11 is 0. The minimum Gasteiger partial charge on any atom is -0.462 e. The van der Waals surface area contributed by atoms with E-state index in [0.29, 0.717) is 18.7 Å². The number of nitrogens with one attached hydrogen (secondary N) is 2. The van der Waals surface area contributed by atoms with Crippen molar-refractivity contribution in [2.75, 3.05) is 20.2 Å². The predicted octanol–water partition coefficient (Wildman–Crippen LogP) is 2.43. The van der Waals surface area contributed by atoms with E-state index in [2.05, 4.69) is 33.7 Å². The molecule has 0 atom stereocenters. The number of nitrogens with zero attached hydrogens (tertiary/aromatic N) is 3. The van der Waals surface area contributed by atoms with Crippen LogP contribution < -0.4 is 10.6 Å². The highest BCUT2D eigenvalue weighted by Gasteiger charge is 2.06. The smallest absolute Gasteiger partial charge is 0.338 e. The topological polar surface area (TPSA) is 80.5 Å². The highest BCUT2D eigenvalue weighted by molar-refractivity contribution is 5.89. The Labute approximate surface area is 160 Å². The molecule has 0 fully saturated rings. The Morgan fingerprint density at radius 3 is 2.56 bits per heavy atom. The van der Waals surface area contributed by atoms with Gasteiger partial charge in [0, 0.05) is 32.4 Å². The summed E-state index contributed by atoms with van der Waals surface area (Å²) in [5.74, 6) is 0.454. The van der Waals surface area contributed by atoms with Crippen molar-refractivity contribution in [1.29, 1.82) is 0 Å². The zero-order chi connectivity index (χ0) is 19.6. The van der Waals surface area contributed by atoms with Crippen LogP contribution in [0, 0.1) is 13.8 Å². The molecule has 2 rings (SSSR count). The van der Waals surface area contributed by atoms with Crippen LogP contribution in [0.4, 0.5) is 0 Å². The van der Waals surface area contributed by atoms with E-state index in [1.807, 2.05) is 23.7 Å². The van der Waals surface area contributed by atoms with Gasteiger partial charge in [0.25, 0.3) is 0 Å². The molecule has 0 saturated heterocycles. The first-order valence-electron chi connectivity index (χ1n) is 9.25. The van der Waals surface area contributed by atoms with Gasteiger partial charge in [-0.1, -0.05) is 12.1 Å². The molecular formula is C20H29N5O2. The van der Waals surface area contributed by atoms with E-state index < -0.39 is 0 Å². The number of guanidine groups is 1. The number of aryl methyl sites for hydroxylation is 3. The second-order valence-electron chi connectivity index (χ2n) is 6.27. The van der Waals surface area contributed by atoms with Gasteiger partial charge in [0.15, 0.2) is 5.96 Å². The molecule has 0 bridgehead atoms. The molecule has 2 aromatic rings. The highest BCUT2D eigenvalue weighted by Crippen LogP contribution is 2.06. The molecule has 0 aliphatic rings.